The summed E-state index contributed by atoms with van der Waals surface area (Å²) in [5, 5.41) is 3.04. The summed E-state index contributed by atoms with van der Waals surface area (Å²) in [6.45, 7) is 0.622. The molecule has 8 heteroatoms. The molecule has 1 N–H and O–H groups in total. The molecule has 0 spiro atoms. The van der Waals surface area contributed by atoms with Gasteiger partial charge in [0.05, 0.1) is 19.4 Å². The van der Waals surface area contributed by atoms with E-state index >= 15 is 0 Å². The second-order valence-corrected chi connectivity index (χ2v) is 6.47. The largest absolute Gasteiger partial charge is 0.493 e. The number of aromatic nitrogens is 2. The molecule has 0 fully saturated rings. The van der Waals surface area contributed by atoms with Gasteiger partial charge in [-0.05, 0) is 29.8 Å². The van der Waals surface area contributed by atoms with Crippen molar-refractivity contribution in [3.05, 3.63) is 59.8 Å². The lowest BCUT2D eigenvalue weighted by Gasteiger charge is -2.15. The van der Waals surface area contributed by atoms with Crippen LogP contribution in [-0.4, -0.2) is 23.2 Å². The number of anilines is 2. The quantitative estimate of drug-likeness (QED) is 0.575. The maximum absolute atomic E-state index is 14.5. The minimum atomic E-state index is -0.541. The maximum Gasteiger partial charge on any atom is 0.215 e. The number of ether oxygens (including phenoxy) is 2. The van der Waals surface area contributed by atoms with Crippen LogP contribution in [0.3, 0.4) is 0 Å². The SMILES string of the molecule is Fc1ccc2c(c1)OCCCOc1cc(CCl)cc(n1)Nc1cc-2c(F)cn1. The molecule has 0 amide bonds. The molecule has 4 rings (SSSR count). The van der Waals surface area contributed by atoms with E-state index in [1.165, 1.54) is 24.3 Å². The van der Waals surface area contributed by atoms with E-state index in [1.54, 1.807) is 12.1 Å². The number of rotatable bonds is 1. The van der Waals surface area contributed by atoms with Crippen molar-refractivity contribution in [3.63, 3.8) is 0 Å². The van der Waals surface area contributed by atoms with Crippen LogP contribution in [0.4, 0.5) is 20.4 Å². The highest BCUT2D eigenvalue weighted by Crippen LogP contribution is 2.34. The van der Waals surface area contributed by atoms with Crippen LogP contribution < -0.4 is 14.8 Å². The summed E-state index contributed by atoms with van der Waals surface area (Å²) >= 11 is 5.95. The standard InChI is InChI=1S/C20H16ClF2N3O2/c21-10-12-6-19-25-18-9-15(16(23)11-24-18)14-3-2-13(22)8-17(14)27-4-1-5-28-20(7-12)26-19/h2-3,6-9,11H,1,4-5,10H2,(H,24,25,26). The van der Waals surface area contributed by atoms with Gasteiger partial charge in [-0.1, -0.05) is 0 Å². The zero-order chi connectivity index (χ0) is 19.5. The molecule has 3 aromatic rings. The molecule has 2 aromatic heterocycles. The van der Waals surface area contributed by atoms with Crippen molar-refractivity contribution in [1.82, 2.24) is 9.97 Å². The molecule has 144 valence electrons. The second-order valence-electron chi connectivity index (χ2n) is 6.20. The molecule has 1 aliphatic heterocycles. The highest BCUT2D eigenvalue weighted by atomic mass is 35.5. The second kappa shape index (κ2) is 7.98. The molecular weight excluding hydrogens is 388 g/mol. The van der Waals surface area contributed by atoms with Crippen molar-refractivity contribution in [2.75, 3.05) is 18.5 Å². The van der Waals surface area contributed by atoms with Crippen molar-refractivity contribution >= 4 is 23.2 Å². The van der Waals surface area contributed by atoms with Gasteiger partial charge in [-0.3, -0.25) is 0 Å². The fourth-order valence-corrected chi connectivity index (χ4v) is 3.03. The number of hydrogen-bond acceptors (Lipinski definition) is 5. The number of benzene rings is 1. The molecule has 0 saturated carbocycles. The summed E-state index contributed by atoms with van der Waals surface area (Å²) in [5.74, 6) is 0.801. The third kappa shape index (κ3) is 3.99. The summed E-state index contributed by atoms with van der Waals surface area (Å²) in [6, 6.07) is 9.03. The first-order chi connectivity index (χ1) is 13.6. The van der Waals surface area contributed by atoms with E-state index in [9.17, 15) is 8.78 Å². The molecule has 1 aliphatic rings. The minimum absolute atomic E-state index is 0.245. The van der Waals surface area contributed by atoms with Gasteiger partial charge in [0.15, 0.2) is 0 Å². The van der Waals surface area contributed by atoms with E-state index in [1.807, 2.05) is 0 Å². The topological polar surface area (TPSA) is 56.3 Å². The molecule has 0 saturated heterocycles. The number of nitrogens with one attached hydrogen (secondary N) is 1. The Balaban J connectivity index is 1.82. The third-order valence-corrected chi connectivity index (χ3v) is 4.47. The lowest BCUT2D eigenvalue weighted by atomic mass is 10.0. The fourth-order valence-electron chi connectivity index (χ4n) is 2.87. The molecule has 0 aliphatic carbocycles. The maximum atomic E-state index is 14.5. The highest BCUT2D eigenvalue weighted by Gasteiger charge is 2.15. The summed E-state index contributed by atoms with van der Waals surface area (Å²) in [7, 11) is 0. The van der Waals surface area contributed by atoms with Gasteiger partial charge in [-0.2, -0.15) is 4.98 Å². The molecule has 0 atom stereocenters. The van der Waals surface area contributed by atoms with Gasteiger partial charge in [0, 0.05) is 35.6 Å². The van der Waals surface area contributed by atoms with Crippen molar-refractivity contribution in [2.24, 2.45) is 0 Å². The Bertz CT molecular complexity index is 1020. The Morgan fingerprint density at radius 2 is 1.86 bits per heavy atom. The summed E-state index contributed by atoms with van der Waals surface area (Å²) in [5.41, 5.74) is 1.50. The monoisotopic (exact) mass is 403 g/mol. The number of pyridine rings is 2. The van der Waals surface area contributed by atoms with Crippen LogP contribution in [0, 0.1) is 11.6 Å². The molecule has 28 heavy (non-hydrogen) atoms. The van der Waals surface area contributed by atoms with Gasteiger partial charge in [-0.25, -0.2) is 13.8 Å². The normalized spacial score (nSPS) is 13.4. The number of fused-ring (bicyclic) bond motifs is 6. The van der Waals surface area contributed by atoms with Crippen LogP contribution in [0.15, 0.2) is 42.6 Å². The Morgan fingerprint density at radius 1 is 1.00 bits per heavy atom. The Labute approximate surface area is 165 Å². The van der Waals surface area contributed by atoms with Crippen LogP contribution in [0.1, 0.15) is 12.0 Å². The van der Waals surface area contributed by atoms with Crippen molar-refractivity contribution in [3.8, 4) is 22.8 Å². The third-order valence-electron chi connectivity index (χ3n) is 4.16. The van der Waals surface area contributed by atoms with E-state index in [2.05, 4.69) is 15.3 Å². The summed E-state index contributed by atoms with van der Waals surface area (Å²) in [4.78, 5) is 8.45. The average Bonchev–Trinajstić information content (AvgIpc) is 2.69. The molecule has 5 nitrogen and oxygen atoms in total. The fraction of sp³-hybridized carbons (Fsp3) is 0.200. The van der Waals surface area contributed by atoms with Crippen molar-refractivity contribution < 1.29 is 18.3 Å². The number of nitrogens with zero attached hydrogens (tertiary/aromatic N) is 2. The first-order valence-corrected chi connectivity index (χ1v) is 9.21. The van der Waals surface area contributed by atoms with Crippen LogP contribution in [0.5, 0.6) is 11.6 Å². The molecule has 1 aromatic carbocycles. The van der Waals surface area contributed by atoms with Gasteiger partial charge in [0.2, 0.25) is 5.88 Å². The molecule has 3 heterocycles. The molecule has 4 bridgehead atoms. The number of alkyl halides is 1. The first kappa shape index (κ1) is 18.4. The zero-order valence-corrected chi connectivity index (χ0v) is 15.5. The van der Waals surface area contributed by atoms with Gasteiger partial charge in [-0.15, -0.1) is 11.6 Å². The highest BCUT2D eigenvalue weighted by molar-refractivity contribution is 6.17. The van der Waals surface area contributed by atoms with E-state index in [-0.39, 0.29) is 23.8 Å². The molecular formula is C20H16ClF2N3O2. The Morgan fingerprint density at radius 3 is 2.71 bits per heavy atom. The Kier molecular flexibility index (Phi) is 5.25. The summed E-state index contributed by atoms with van der Waals surface area (Å²) < 4.78 is 39.6. The van der Waals surface area contributed by atoms with E-state index in [0.29, 0.717) is 36.1 Å². The van der Waals surface area contributed by atoms with Gasteiger partial charge >= 0.3 is 0 Å². The van der Waals surface area contributed by atoms with Crippen LogP contribution in [-0.2, 0) is 5.88 Å². The van der Waals surface area contributed by atoms with Gasteiger partial charge in [0.1, 0.15) is 29.0 Å². The van der Waals surface area contributed by atoms with E-state index in [0.717, 1.165) is 11.8 Å². The number of halogens is 3. The molecule has 0 radical (unpaired) electrons. The van der Waals surface area contributed by atoms with Crippen LogP contribution in [0.25, 0.3) is 11.1 Å². The smallest absolute Gasteiger partial charge is 0.215 e. The summed E-state index contributed by atoms with van der Waals surface area (Å²) in [6.07, 6.45) is 1.63. The first-order valence-electron chi connectivity index (χ1n) is 8.67. The van der Waals surface area contributed by atoms with E-state index < -0.39 is 11.6 Å². The van der Waals surface area contributed by atoms with Crippen molar-refractivity contribution in [2.45, 2.75) is 12.3 Å². The predicted molar refractivity (Wildman–Crippen MR) is 102 cm³/mol. The van der Waals surface area contributed by atoms with Crippen LogP contribution >= 0.6 is 11.6 Å². The van der Waals surface area contributed by atoms with E-state index in [4.69, 9.17) is 21.1 Å². The predicted octanol–water partition coefficient (Wildman–Crippen LogP) is 5.07. The lowest BCUT2D eigenvalue weighted by Crippen LogP contribution is -2.08. The number of hydrogen-bond donors (Lipinski definition) is 1. The minimum Gasteiger partial charge on any atom is -0.493 e. The van der Waals surface area contributed by atoms with Gasteiger partial charge in [0.25, 0.3) is 0 Å². The van der Waals surface area contributed by atoms with Gasteiger partial charge < -0.3 is 14.8 Å². The zero-order valence-electron chi connectivity index (χ0n) is 14.7. The molecule has 0 unspecified atom stereocenters. The average molecular weight is 404 g/mol. The Hall–Kier alpha value is -2.93. The van der Waals surface area contributed by atoms with Crippen molar-refractivity contribution in [1.29, 1.82) is 0 Å². The van der Waals surface area contributed by atoms with Crippen LogP contribution in [0.2, 0.25) is 0 Å². The lowest BCUT2D eigenvalue weighted by molar-refractivity contribution is 0.242.